The van der Waals surface area contributed by atoms with E-state index in [0.717, 1.165) is 30.4 Å². The molecule has 1 amide bonds. The van der Waals surface area contributed by atoms with E-state index in [2.05, 4.69) is 27.7 Å². The van der Waals surface area contributed by atoms with E-state index in [-0.39, 0.29) is 11.9 Å². The van der Waals surface area contributed by atoms with Gasteiger partial charge in [-0.15, -0.1) is 0 Å². The third-order valence-electron chi connectivity index (χ3n) is 4.42. The highest BCUT2D eigenvalue weighted by atomic mass is 16.2. The van der Waals surface area contributed by atoms with E-state index in [1.54, 1.807) is 12.4 Å². The predicted molar refractivity (Wildman–Crippen MR) is 96.1 cm³/mol. The van der Waals surface area contributed by atoms with Crippen molar-refractivity contribution in [1.29, 1.82) is 0 Å². The van der Waals surface area contributed by atoms with Gasteiger partial charge in [0.25, 0.3) is 0 Å². The molecule has 0 saturated carbocycles. The fraction of sp³-hybridized carbons (Fsp3) is 0.421. The number of nitrogens with one attached hydrogen (secondary N) is 2. The van der Waals surface area contributed by atoms with Gasteiger partial charge >= 0.3 is 0 Å². The Morgan fingerprint density at radius 3 is 2.28 bits per heavy atom. The average molecular weight is 339 g/mol. The van der Waals surface area contributed by atoms with Crippen molar-refractivity contribution < 1.29 is 4.79 Å². The number of aromatic nitrogens is 2. The first-order valence-electron chi connectivity index (χ1n) is 8.84. The van der Waals surface area contributed by atoms with E-state index in [1.807, 2.05) is 41.6 Å². The molecule has 3 heterocycles. The second-order valence-electron chi connectivity index (χ2n) is 6.48. The van der Waals surface area contributed by atoms with Gasteiger partial charge < -0.3 is 4.90 Å². The maximum atomic E-state index is 13.1. The first-order valence-corrected chi connectivity index (χ1v) is 8.84. The lowest BCUT2D eigenvalue weighted by atomic mass is 10.0. The van der Waals surface area contributed by atoms with E-state index in [4.69, 9.17) is 0 Å². The number of amides is 1. The van der Waals surface area contributed by atoms with Crippen molar-refractivity contribution in [2.75, 3.05) is 0 Å². The lowest BCUT2D eigenvalue weighted by molar-refractivity contribution is -0.134. The zero-order valence-corrected chi connectivity index (χ0v) is 14.6. The maximum Gasteiger partial charge on any atom is 0.241 e. The molecular weight excluding hydrogens is 314 g/mol. The van der Waals surface area contributed by atoms with Crippen LogP contribution in [0.4, 0.5) is 0 Å². The summed E-state index contributed by atoms with van der Waals surface area (Å²) in [7, 11) is 0. The van der Waals surface area contributed by atoms with Crippen molar-refractivity contribution in [2.24, 2.45) is 0 Å². The highest BCUT2D eigenvalue weighted by Crippen LogP contribution is 2.16. The van der Waals surface area contributed by atoms with Crippen LogP contribution >= 0.6 is 0 Å². The number of nitrogens with zero attached hydrogens (tertiary/aromatic N) is 3. The van der Waals surface area contributed by atoms with Crippen LogP contribution in [0, 0.1) is 0 Å². The van der Waals surface area contributed by atoms with Crippen molar-refractivity contribution in [3.63, 3.8) is 0 Å². The molecule has 2 unspecified atom stereocenters. The molecule has 1 aliphatic heterocycles. The minimum absolute atomic E-state index is 0.110. The average Bonchev–Trinajstić information content (AvgIpc) is 3.11. The van der Waals surface area contributed by atoms with Crippen molar-refractivity contribution in [3.8, 4) is 0 Å². The Hall–Kier alpha value is -2.31. The lowest BCUT2D eigenvalue weighted by Gasteiger charge is -2.25. The van der Waals surface area contributed by atoms with Crippen LogP contribution in [0.25, 0.3) is 0 Å². The van der Waals surface area contributed by atoms with Crippen molar-refractivity contribution in [3.05, 3.63) is 60.2 Å². The zero-order chi connectivity index (χ0) is 17.5. The number of rotatable bonds is 7. The molecule has 0 spiro atoms. The summed E-state index contributed by atoms with van der Waals surface area (Å²) < 4.78 is 0. The van der Waals surface area contributed by atoms with Crippen LogP contribution in [0.5, 0.6) is 0 Å². The molecule has 132 valence electrons. The molecule has 0 aliphatic carbocycles. The molecule has 1 saturated heterocycles. The summed E-state index contributed by atoms with van der Waals surface area (Å²) in [4.78, 5) is 23.3. The first-order chi connectivity index (χ1) is 12.3. The quantitative estimate of drug-likeness (QED) is 0.808. The summed E-state index contributed by atoms with van der Waals surface area (Å²) in [5.74, 6) is 0.110. The minimum atomic E-state index is -0.190. The molecule has 2 N–H and O–H groups in total. The molecule has 0 bridgehead atoms. The van der Waals surface area contributed by atoms with Gasteiger partial charge in [0.15, 0.2) is 0 Å². The fourth-order valence-corrected chi connectivity index (χ4v) is 3.18. The van der Waals surface area contributed by atoms with Gasteiger partial charge in [-0.05, 0) is 36.1 Å². The number of carbonyl (C=O) groups is 1. The molecule has 3 rings (SSSR count). The summed E-state index contributed by atoms with van der Waals surface area (Å²) in [5, 5.41) is 0. The topological polar surface area (TPSA) is 70.2 Å². The van der Waals surface area contributed by atoms with Gasteiger partial charge in [0, 0.05) is 43.9 Å². The molecule has 6 heteroatoms. The van der Waals surface area contributed by atoms with Crippen LogP contribution < -0.4 is 10.9 Å². The molecule has 0 radical (unpaired) electrons. The second kappa shape index (κ2) is 8.69. The van der Waals surface area contributed by atoms with Crippen LogP contribution in [0.15, 0.2) is 49.1 Å². The Kier molecular flexibility index (Phi) is 6.09. The van der Waals surface area contributed by atoms with Crippen molar-refractivity contribution in [2.45, 2.75) is 51.4 Å². The van der Waals surface area contributed by atoms with Crippen molar-refractivity contribution >= 4 is 5.91 Å². The molecule has 2 aromatic heterocycles. The monoisotopic (exact) mass is 339 g/mol. The number of carbonyl (C=O) groups excluding carboxylic acids is 1. The Balaban J connectivity index is 1.72. The Morgan fingerprint density at radius 1 is 1.12 bits per heavy atom. The minimum Gasteiger partial charge on any atom is -0.333 e. The zero-order valence-electron chi connectivity index (χ0n) is 14.6. The fourth-order valence-electron chi connectivity index (χ4n) is 3.18. The molecule has 0 aromatic carbocycles. The predicted octanol–water partition coefficient (Wildman–Crippen LogP) is 2.04. The van der Waals surface area contributed by atoms with Gasteiger partial charge in [0.1, 0.15) is 6.04 Å². The number of hydrogen-bond donors (Lipinski definition) is 2. The van der Waals surface area contributed by atoms with Gasteiger partial charge in [-0.1, -0.05) is 25.5 Å². The normalized spacial score (nSPS) is 19.7. The number of hydrazine groups is 1. The van der Waals surface area contributed by atoms with Gasteiger partial charge in [0.2, 0.25) is 5.91 Å². The standard InChI is InChI=1S/C19H25N5O/c1-2-5-17-10-18(23-22-17)19(25)24(13-15-6-3-8-20-11-15)14-16-7-4-9-21-12-16/h3-4,6-9,11-12,17-18,22-23H,2,5,10,13-14H2,1H3. The highest BCUT2D eigenvalue weighted by Gasteiger charge is 2.31. The lowest BCUT2D eigenvalue weighted by Crippen LogP contribution is -2.45. The van der Waals surface area contributed by atoms with Crippen LogP contribution in [0.3, 0.4) is 0 Å². The Bertz CT molecular complexity index is 623. The van der Waals surface area contributed by atoms with Crippen molar-refractivity contribution in [1.82, 2.24) is 25.7 Å². The van der Waals surface area contributed by atoms with E-state index in [1.165, 1.54) is 0 Å². The summed E-state index contributed by atoms with van der Waals surface area (Å²) in [6.07, 6.45) is 10.1. The Morgan fingerprint density at radius 2 is 1.76 bits per heavy atom. The summed E-state index contributed by atoms with van der Waals surface area (Å²) >= 11 is 0. The molecular formula is C19H25N5O. The van der Waals surface area contributed by atoms with Crippen LogP contribution in [-0.4, -0.2) is 32.9 Å². The van der Waals surface area contributed by atoms with Gasteiger partial charge in [-0.2, -0.15) is 0 Å². The molecule has 6 nitrogen and oxygen atoms in total. The van der Waals surface area contributed by atoms with E-state index in [9.17, 15) is 4.79 Å². The first kappa shape index (κ1) is 17.5. The maximum absolute atomic E-state index is 13.1. The van der Waals surface area contributed by atoms with Gasteiger partial charge in [-0.25, -0.2) is 5.43 Å². The van der Waals surface area contributed by atoms with Crippen LogP contribution in [-0.2, 0) is 17.9 Å². The van der Waals surface area contributed by atoms with E-state index in [0.29, 0.717) is 19.1 Å². The largest absolute Gasteiger partial charge is 0.333 e. The molecule has 2 atom stereocenters. The molecule has 25 heavy (non-hydrogen) atoms. The van der Waals surface area contributed by atoms with Crippen LogP contribution in [0.2, 0.25) is 0 Å². The SMILES string of the molecule is CCCC1CC(C(=O)N(Cc2cccnc2)Cc2cccnc2)NN1. The summed E-state index contributed by atoms with van der Waals surface area (Å²) in [5.41, 5.74) is 8.47. The summed E-state index contributed by atoms with van der Waals surface area (Å²) in [6.45, 7) is 3.24. The smallest absolute Gasteiger partial charge is 0.241 e. The molecule has 2 aromatic rings. The number of hydrogen-bond acceptors (Lipinski definition) is 5. The van der Waals surface area contributed by atoms with Crippen LogP contribution in [0.1, 0.15) is 37.3 Å². The highest BCUT2D eigenvalue weighted by molar-refractivity contribution is 5.82. The third-order valence-corrected chi connectivity index (χ3v) is 4.42. The van der Waals surface area contributed by atoms with E-state index >= 15 is 0 Å². The second-order valence-corrected chi connectivity index (χ2v) is 6.48. The third kappa shape index (κ3) is 4.84. The van der Waals surface area contributed by atoms with Gasteiger partial charge in [0.05, 0.1) is 0 Å². The summed E-state index contributed by atoms with van der Waals surface area (Å²) in [6, 6.07) is 7.96. The van der Waals surface area contributed by atoms with E-state index < -0.39 is 0 Å². The molecule has 1 aliphatic rings. The number of pyridine rings is 2. The van der Waals surface area contributed by atoms with Gasteiger partial charge in [-0.3, -0.25) is 20.2 Å². The Labute approximate surface area is 148 Å². The molecule has 1 fully saturated rings.